The van der Waals surface area contributed by atoms with Crippen LogP contribution in [0.25, 0.3) is 0 Å². The Morgan fingerprint density at radius 3 is 2.94 bits per heavy atom. The molecule has 1 heterocycles. The van der Waals surface area contributed by atoms with Crippen LogP contribution in [0.2, 0.25) is 0 Å². The van der Waals surface area contributed by atoms with Gasteiger partial charge in [-0.15, -0.1) is 0 Å². The number of hydrogen-bond acceptors (Lipinski definition) is 5. The van der Waals surface area contributed by atoms with Gasteiger partial charge in [-0.05, 0) is 22.4 Å². The highest BCUT2D eigenvalue weighted by Gasteiger charge is 2.11. The summed E-state index contributed by atoms with van der Waals surface area (Å²) < 4.78 is 1.62. The Morgan fingerprint density at radius 1 is 1.71 bits per heavy atom. The zero-order chi connectivity index (χ0) is 12.8. The van der Waals surface area contributed by atoms with Crippen LogP contribution in [-0.4, -0.2) is 34.1 Å². The molecule has 0 bridgehead atoms. The minimum Gasteiger partial charge on any atom is -0.394 e. The van der Waals surface area contributed by atoms with E-state index in [-0.39, 0.29) is 24.8 Å². The molecule has 1 atom stereocenters. The summed E-state index contributed by atoms with van der Waals surface area (Å²) in [6.45, 7) is 2.57. The zero-order valence-electron chi connectivity index (χ0n) is 9.69. The second kappa shape index (κ2) is 6.73. The first kappa shape index (κ1) is 14.1. The number of aliphatic hydroxyl groups excluding tert-OH is 1. The maximum Gasteiger partial charge on any atom is 0.283 e. The lowest BCUT2D eigenvalue weighted by Gasteiger charge is -2.17. The van der Waals surface area contributed by atoms with Crippen LogP contribution in [0.15, 0.2) is 15.5 Å². The van der Waals surface area contributed by atoms with Crippen molar-refractivity contribution in [3.63, 3.8) is 0 Å². The molecule has 6 nitrogen and oxygen atoms in total. The standard InChI is InChI=1S/C10H17BrN4O2/c1-2-7(5-12)14-8-6-13-15(3-4-16)10(17)9(8)11/h6-7,14,16H,2-5,12H2,1H3. The predicted molar refractivity (Wildman–Crippen MR) is 70.0 cm³/mol. The van der Waals surface area contributed by atoms with Gasteiger partial charge in [-0.2, -0.15) is 5.10 Å². The SMILES string of the molecule is CCC(CN)Nc1cnn(CCO)c(=O)c1Br. The molecule has 1 rings (SSSR count). The minimum atomic E-state index is -0.268. The van der Waals surface area contributed by atoms with Crippen LogP contribution in [0.1, 0.15) is 13.3 Å². The molecule has 17 heavy (non-hydrogen) atoms. The number of nitrogens with zero attached hydrogens (tertiary/aromatic N) is 2. The molecule has 0 spiro atoms. The van der Waals surface area contributed by atoms with Gasteiger partial charge in [0.25, 0.3) is 5.56 Å². The molecule has 0 amide bonds. The molecular weight excluding hydrogens is 288 g/mol. The minimum absolute atomic E-state index is 0.112. The van der Waals surface area contributed by atoms with E-state index in [9.17, 15) is 4.79 Å². The normalized spacial score (nSPS) is 12.5. The Kier molecular flexibility index (Phi) is 5.60. The number of aromatic nitrogens is 2. The monoisotopic (exact) mass is 304 g/mol. The van der Waals surface area contributed by atoms with Crippen molar-refractivity contribution in [3.05, 3.63) is 21.0 Å². The lowest BCUT2D eigenvalue weighted by molar-refractivity contribution is 0.266. The Morgan fingerprint density at radius 2 is 2.41 bits per heavy atom. The van der Waals surface area contributed by atoms with E-state index in [0.29, 0.717) is 16.7 Å². The Balaban J connectivity index is 2.96. The van der Waals surface area contributed by atoms with Gasteiger partial charge in [0.05, 0.1) is 25.0 Å². The van der Waals surface area contributed by atoms with Crippen LogP contribution in [0, 0.1) is 0 Å². The fourth-order valence-electron chi connectivity index (χ4n) is 1.37. The van der Waals surface area contributed by atoms with Gasteiger partial charge in [0.2, 0.25) is 0 Å². The third kappa shape index (κ3) is 3.52. The van der Waals surface area contributed by atoms with E-state index in [1.807, 2.05) is 6.92 Å². The second-order valence-electron chi connectivity index (χ2n) is 3.61. The molecular formula is C10H17BrN4O2. The van der Waals surface area contributed by atoms with Crippen LogP contribution in [0.5, 0.6) is 0 Å². The molecule has 7 heteroatoms. The second-order valence-corrected chi connectivity index (χ2v) is 4.40. The highest BCUT2D eigenvalue weighted by atomic mass is 79.9. The molecule has 1 unspecified atom stereocenters. The number of nitrogens with two attached hydrogens (primary N) is 1. The number of nitrogens with one attached hydrogen (secondary N) is 1. The summed E-state index contributed by atoms with van der Waals surface area (Å²) in [4.78, 5) is 11.8. The molecule has 0 radical (unpaired) electrons. The zero-order valence-corrected chi connectivity index (χ0v) is 11.3. The molecule has 0 aromatic carbocycles. The third-order valence-electron chi connectivity index (χ3n) is 2.43. The number of aliphatic hydroxyl groups is 1. The first-order valence-corrected chi connectivity index (χ1v) is 6.26. The van der Waals surface area contributed by atoms with Crippen LogP contribution < -0.4 is 16.6 Å². The predicted octanol–water partition coefficient (Wildman–Crippen LogP) is 0.147. The molecule has 0 saturated heterocycles. The Hall–Kier alpha value is -0.920. The first-order chi connectivity index (χ1) is 8.13. The van der Waals surface area contributed by atoms with Crippen molar-refractivity contribution in [1.29, 1.82) is 0 Å². The number of anilines is 1. The molecule has 1 aromatic heterocycles. The van der Waals surface area contributed by atoms with Crippen LogP contribution in [0.3, 0.4) is 0 Å². The highest BCUT2D eigenvalue weighted by molar-refractivity contribution is 9.10. The van der Waals surface area contributed by atoms with Crippen LogP contribution in [-0.2, 0) is 6.54 Å². The van der Waals surface area contributed by atoms with Crippen LogP contribution in [0.4, 0.5) is 5.69 Å². The summed E-state index contributed by atoms with van der Waals surface area (Å²) in [5.41, 5.74) is 5.94. The average Bonchev–Trinajstić information content (AvgIpc) is 2.34. The smallest absolute Gasteiger partial charge is 0.283 e. The molecule has 1 aromatic rings. The largest absolute Gasteiger partial charge is 0.394 e. The summed E-state index contributed by atoms with van der Waals surface area (Å²) in [5, 5.41) is 15.9. The van der Waals surface area contributed by atoms with Crippen molar-refractivity contribution in [3.8, 4) is 0 Å². The molecule has 0 aliphatic heterocycles. The maximum atomic E-state index is 11.8. The van der Waals surface area contributed by atoms with E-state index in [4.69, 9.17) is 10.8 Å². The van der Waals surface area contributed by atoms with Gasteiger partial charge in [-0.1, -0.05) is 6.92 Å². The number of halogens is 1. The quantitative estimate of drug-likeness (QED) is 0.695. The fraction of sp³-hybridized carbons (Fsp3) is 0.600. The summed E-state index contributed by atoms with van der Waals surface area (Å²) in [7, 11) is 0. The maximum absolute atomic E-state index is 11.8. The van der Waals surface area contributed by atoms with Gasteiger partial charge in [0.15, 0.2) is 0 Å². The lowest BCUT2D eigenvalue weighted by Crippen LogP contribution is -2.31. The van der Waals surface area contributed by atoms with Crippen molar-refractivity contribution in [2.45, 2.75) is 25.9 Å². The average molecular weight is 305 g/mol. The van der Waals surface area contributed by atoms with Crippen LogP contribution >= 0.6 is 15.9 Å². The molecule has 0 saturated carbocycles. The van der Waals surface area contributed by atoms with Gasteiger partial charge in [-0.25, -0.2) is 4.68 Å². The highest BCUT2D eigenvalue weighted by Crippen LogP contribution is 2.17. The van der Waals surface area contributed by atoms with E-state index in [1.165, 1.54) is 4.68 Å². The molecule has 0 aliphatic rings. The van der Waals surface area contributed by atoms with Gasteiger partial charge in [-0.3, -0.25) is 4.79 Å². The third-order valence-corrected chi connectivity index (χ3v) is 3.20. The van der Waals surface area contributed by atoms with Crippen molar-refractivity contribution in [2.24, 2.45) is 5.73 Å². The Labute approximate surface area is 108 Å². The van der Waals surface area contributed by atoms with Crippen molar-refractivity contribution in [2.75, 3.05) is 18.5 Å². The summed E-state index contributed by atoms with van der Waals surface area (Å²) in [6, 6.07) is 0.112. The van der Waals surface area contributed by atoms with Gasteiger partial charge in [0, 0.05) is 12.6 Å². The Bertz CT molecular complexity index is 417. The van der Waals surface area contributed by atoms with Gasteiger partial charge < -0.3 is 16.2 Å². The fourth-order valence-corrected chi connectivity index (χ4v) is 1.79. The summed E-state index contributed by atoms with van der Waals surface area (Å²) in [6.07, 6.45) is 2.42. The van der Waals surface area contributed by atoms with E-state index < -0.39 is 0 Å². The van der Waals surface area contributed by atoms with E-state index in [1.54, 1.807) is 6.20 Å². The van der Waals surface area contributed by atoms with E-state index in [0.717, 1.165) is 6.42 Å². The van der Waals surface area contributed by atoms with E-state index >= 15 is 0 Å². The molecule has 0 aliphatic carbocycles. The summed E-state index contributed by atoms with van der Waals surface area (Å²) in [5.74, 6) is 0. The topological polar surface area (TPSA) is 93.2 Å². The van der Waals surface area contributed by atoms with Gasteiger partial charge in [0.1, 0.15) is 4.47 Å². The molecule has 4 N–H and O–H groups in total. The number of hydrogen-bond donors (Lipinski definition) is 3. The van der Waals surface area contributed by atoms with E-state index in [2.05, 4.69) is 26.3 Å². The van der Waals surface area contributed by atoms with Crippen molar-refractivity contribution in [1.82, 2.24) is 9.78 Å². The number of rotatable bonds is 6. The first-order valence-electron chi connectivity index (χ1n) is 5.47. The molecule has 0 fully saturated rings. The van der Waals surface area contributed by atoms with Crippen molar-refractivity contribution < 1.29 is 5.11 Å². The summed E-state index contributed by atoms with van der Waals surface area (Å²) >= 11 is 3.23. The molecule has 96 valence electrons. The lowest BCUT2D eigenvalue weighted by atomic mass is 10.2. The van der Waals surface area contributed by atoms with Gasteiger partial charge >= 0.3 is 0 Å². The van der Waals surface area contributed by atoms with Crippen molar-refractivity contribution >= 4 is 21.6 Å².